The number of benzene rings is 1. The third kappa shape index (κ3) is 5.14. The molecule has 0 spiro atoms. The van der Waals surface area contributed by atoms with Crippen LogP contribution in [0.3, 0.4) is 0 Å². The molecular weight excluding hydrogens is 412 g/mol. The number of pyridine rings is 2. The molecule has 7 heteroatoms. The van der Waals surface area contributed by atoms with Crippen LogP contribution in [-0.4, -0.2) is 35.1 Å². The first-order chi connectivity index (χ1) is 15.0. The van der Waals surface area contributed by atoms with Crippen LogP contribution in [0.15, 0.2) is 42.6 Å². The van der Waals surface area contributed by atoms with Gasteiger partial charge in [0.05, 0.1) is 22.3 Å². The van der Waals surface area contributed by atoms with Crippen LogP contribution < -0.4 is 11.1 Å². The van der Waals surface area contributed by atoms with Crippen LogP contribution in [0.1, 0.15) is 31.7 Å². The molecule has 2 atom stereocenters. The maximum Gasteiger partial charge on any atom is 0.223 e. The number of nitrogen functional groups attached to an aromatic ring is 1. The summed E-state index contributed by atoms with van der Waals surface area (Å²) in [6, 6.07) is 11.5. The van der Waals surface area contributed by atoms with E-state index in [9.17, 15) is 4.79 Å². The van der Waals surface area contributed by atoms with Crippen molar-refractivity contribution >= 4 is 34.2 Å². The molecule has 1 amide bonds. The summed E-state index contributed by atoms with van der Waals surface area (Å²) in [6.45, 7) is 3.24. The minimum Gasteiger partial charge on any atom is -0.383 e. The Kier molecular flexibility index (Phi) is 6.68. The van der Waals surface area contributed by atoms with Gasteiger partial charge in [0.2, 0.25) is 5.91 Å². The Morgan fingerprint density at radius 1 is 1.32 bits per heavy atom. The van der Waals surface area contributed by atoms with Crippen LogP contribution in [0.2, 0.25) is 5.02 Å². The van der Waals surface area contributed by atoms with Gasteiger partial charge in [-0.3, -0.25) is 9.78 Å². The van der Waals surface area contributed by atoms with E-state index < -0.39 is 0 Å². The lowest BCUT2D eigenvalue weighted by Gasteiger charge is -2.23. The highest BCUT2D eigenvalue weighted by Gasteiger charge is 2.19. The third-order valence-corrected chi connectivity index (χ3v) is 6.02. The van der Waals surface area contributed by atoms with E-state index in [0.717, 1.165) is 53.6 Å². The lowest BCUT2D eigenvalue weighted by atomic mass is 9.98. The number of nitrogens with two attached hydrogens (primary N) is 1. The second-order valence-corrected chi connectivity index (χ2v) is 8.52. The zero-order chi connectivity index (χ0) is 21.8. The van der Waals surface area contributed by atoms with E-state index in [1.807, 2.05) is 37.3 Å². The number of anilines is 1. The molecule has 1 aliphatic rings. The fourth-order valence-corrected chi connectivity index (χ4v) is 4.15. The Balaban J connectivity index is 1.49. The molecule has 1 saturated heterocycles. The van der Waals surface area contributed by atoms with Gasteiger partial charge in [-0.25, -0.2) is 4.98 Å². The molecule has 4 rings (SSSR count). The molecule has 6 nitrogen and oxygen atoms in total. The van der Waals surface area contributed by atoms with Crippen LogP contribution in [0.5, 0.6) is 0 Å². The van der Waals surface area contributed by atoms with Gasteiger partial charge in [-0.15, -0.1) is 0 Å². The van der Waals surface area contributed by atoms with Gasteiger partial charge >= 0.3 is 0 Å². The Hall–Kier alpha value is -2.70. The minimum absolute atomic E-state index is 0.00249. The first-order valence-corrected chi connectivity index (χ1v) is 11.1. The van der Waals surface area contributed by atoms with Crippen molar-refractivity contribution in [3.8, 4) is 11.3 Å². The van der Waals surface area contributed by atoms with Crippen molar-refractivity contribution in [2.24, 2.45) is 5.92 Å². The number of halogens is 1. The molecule has 3 aromatic rings. The SMILES string of the molecule is CC(Cc1cc2cc(-c3ncccc3Cl)ccc2nc1N)C(=O)NC[C@H]1CCCCO1. The molecule has 1 fully saturated rings. The molecule has 0 aliphatic carbocycles. The normalized spacial score (nSPS) is 17.4. The number of aromatic nitrogens is 2. The maximum absolute atomic E-state index is 12.6. The van der Waals surface area contributed by atoms with Gasteiger partial charge in [0, 0.05) is 36.2 Å². The molecule has 0 radical (unpaired) electrons. The zero-order valence-electron chi connectivity index (χ0n) is 17.6. The average molecular weight is 439 g/mol. The second-order valence-electron chi connectivity index (χ2n) is 8.11. The molecule has 0 saturated carbocycles. The summed E-state index contributed by atoms with van der Waals surface area (Å²) in [7, 11) is 0. The van der Waals surface area contributed by atoms with Crippen LogP contribution >= 0.6 is 11.6 Å². The van der Waals surface area contributed by atoms with Gasteiger partial charge < -0.3 is 15.8 Å². The number of ether oxygens (including phenoxy) is 1. The van der Waals surface area contributed by atoms with Crippen molar-refractivity contribution in [1.29, 1.82) is 0 Å². The molecule has 1 aliphatic heterocycles. The van der Waals surface area contributed by atoms with Crippen LogP contribution in [-0.2, 0) is 16.0 Å². The number of carbonyl (C=O) groups excluding carboxylic acids is 1. The van der Waals surface area contributed by atoms with Crippen molar-refractivity contribution in [1.82, 2.24) is 15.3 Å². The molecule has 31 heavy (non-hydrogen) atoms. The standard InChI is InChI=1S/C24H27ClN4O2/c1-15(24(30)28-14-19-5-2-3-10-31-19)11-18-13-17-12-16(7-8-21(17)29-23(18)26)22-20(25)6-4-9-27-22/h4,6-9,12-13,15,19H,2-3,5,10-11,14H2,1H3,(H2,26,29)(H,28,30)/t15?,19-/m1/s1. The Morgan fingerprint density at radius 3 is 2.97 bits per heavy atom. The van der Waals surface area contributed by atoms with Gasteiger partial charge in [0.25, 0.3) is 0 Å². The third-order valence-electron chi connectivity index (χ3n) is 5.71. The predicted octanol–water partition coefficient (Wildman–Crippen LogP) is 4.40. The molecule has 0 bridgehead atoms. The van der Waals surface area contributed by atoms with Crippen molar-refractivity contribution in [3.63, 3.8) is 0 Å². The molecule has 1 unspecified atom stereocenters. The van der Waals surface area contributed by atoms with Crippen molar-refractivity contribution in [3.05, 3.63) is 53.2 Å². The van der Waals surface area contributed by atoms with E-state index in [1.165, 1.54) is 0 Å². The number of carbonyl (C=O) groups is 1. The van der Waals surface area contributed by atoms with Crippen molar-refractivity contribution in [2.75, 3.05) is 18.9 Å². The van der Waals surface area contributed by atoms with Gasteiger partial charge in [-0.2, -0.15) is 0 Å². The zero-order valence-corrected chi connectivity index (χ0v) is 18.4. The van der Waals surface area contributed by atoms with Crippen LogP contribution in [0.25, 0.3) is 22.2 Å². The minimum atomic E-state index is -0.224. The summed E-state index contributed by atoms with van der Waals surface area (Å²) in [5.74, 6) is 0.229. The van der Waals surface area contributed by atoms with E-state index in [4.69, 9.17) is 22.1 Å². The highest BCUT2D eigenvalue weighted by molar-refractivity contribution is 6.33. The van der Waals surface area contributed by atoms with Crippen LogP contribution in [0, 0.1) is 5.92 Å². The fraction of sp³-hybridized carbons (Fsp3) is 0.375. The van der Waals surface area contributed by atoms with E-state index >= 15 is 0 Å². The number of rotatable bonds is 6. The van der Waals surface area contributed by atoms with Gasteiger partial charge in [0.1, 0.15) is 5.82 Å². The first kappa shape index (κ1) is 21.5. The predicted molar refractivity (Wildman–Crippen MR) is 124 cm³/mol. The number of nitrogens with one attached hydrogen (secondary N) is 1. The van der Waals surface area contributed by atoms with Gasteiger partial charge in [-0.1, -0.05) is 24.6 Å². The average Bonchev–Trinajstić information content (AvgIpc) is 2.78. The summed E-state index contributed by atoms with van der Waals surface area (Å²) in [5.41, 5.74) is 9.49. The number of amides is 1. The molecular formula is C24H27ClN4O2. The van der Waals surface area contributed by atoms with Gasteiger partial charge in [0.15, 0.2) is 0 Å². The molecule has 2 aromatic heterocycles. The second kappa shape index (κ2) is 9.62. The Morgan fingerprint density at radius 2 is 2.19 bits per heavy atom. The lowest BCUT2D eigenvalue weighted by molar-refractivity contribution is -0.125. The first-order valence-electron chi connectivity index (χ1n) is 10.7. The molecule has 3 heterocycles. The monoisotopic (exact) mass is 438 g/mol. The number of hydrogen-bond donors (Lipinski definition) is 2. The quantitative estimate of drug-likeness (QED) is 0.595. The topological polar surface area (TPSA) is 90.1 Å². The molecule has 3 N–H and O–H groups in total. The number of nitrogens with zero attached hydrogens (tertiary/aromatic N) is 2. The van der Waals surface area contributed by atoms with Crippen molar-refractivity contribution < 1.29 is 9.53 Å². The summed E-state index contributed by atoms with van der Waals surface area (Å²) in [4.78, 5) is 21.5. The molecule has 1 aromatic carbocycles. The van der Waals surface area contributed by atoms with E-state index in [0.29, 0.717) is 23.8 Å². The van der Waals surface area contributed by atoms with Crippen molar-refractivity contribution in [2.45, 2.75) is 38.7 Å². The maximum atomic E-state index is 12.6. The number of fused-ring (bicyclic) bond motifs is 1. The highest BCUT2D eigenvalue weighted by Crippen LogP contribution is 2.29. The number of hydrogen-bond acceptors (Lipinski definition) is 5. The largest absolute Gasteiger partial charge is 0.383 e. The summed E-state index contributed by atoms with van der Waals surface area (Å²) >= 11 is 6.30. The lowest BCUT2D eigenvalue weighted by Crippen LogP contribution is -2.38. The Bertz CT molecular complexity index is 1080. The fourth-order valence-electron chi connectivity index (χ4n) is 3.92. The summed E-state index contributed by atoms with van der Waals surface area (Å²) < 4.78 is 5.69. The Labute approximate surface area is 187 Å². The molecule has 162 valence electrons. The van der Waals surface area contributed by atoms with Crippen LogP contribution in [0.4, 0.5) is 5.82 Å². The summed E-state index contributed by atoms with van der Waals surface area (Å²) in [6.07, 6.45) is 5.61. The van der Waals surface area contributed by atoms with Gasteiger partial charge in [-0.05, 0) is 61.6 Å². The smallest absolute Gasteiger partial charge is 0.223 e. The van der Waals surface area contributed by atoms with E-state index in [-0.39, 0.29) is 17.9 Å². The van der Waals surface area contributed by atoms with E-state index in [2.05, 4.69) is 15.3 Å². The highest BCUT2D eigenvalue weighted by atomic mass is 35.5. The summed E-state index contributed by atoms with van der Waals surface area (Å²) in [5, 5.41) is 4.55. The van der Waals surface area contributed by atoms with E-state index in [1.54, 1.807) is 12.3 Å².